The molecule has 2 rings (SSSR count). The Labute approximate surface area is 89.6 Å². The van der Waals surface area contributed by atoms with E-state index in [1.165, 1.54) is 0 Å². The van der Waals surface area contributed by atoms with E-state index < -0.39 is 5.60 Å². The van der Waals surface area contributed by atoms with E-state index in [9.17, 15) is 5.11 Å². The first-order valence-electron chi connectivity index (χ1n) is 5.10. The summed E-state index contributed by atoms with van der Waals surface area (Å²) in [6.07, 6.45) is 1.71. The Morgan fingerprint density at radius 3 is 2.80 bits per heavy atom. The van der Waals surface area contributed by atoms with Gasteiger partial charge in [0, 0.05) is 12.7 Å². The molecule has 15 heavy (non-hydrogen) atoms. The predicted molar refractivity (Wildman–Crippen MR) is 57.1 cm³/mol. The van der Waals surface area contributed by atoms with Gasteiger partial charge in [-0.3, -0.25) is 0 Å². The lowest BCUT2D eigenvalue weighted by Crippen LogP contribution is -2.29. The molecule has 0 aliphatic heterocycles. The van der Waals surface area contributed by atoms with Crippen molar-refractivity contribution in [3.05, 3.63) is 29.3 Å². The Morgan fingerprint density at radius 2 is 2.20 bits per heavy atom. The van der Waals surface area contributed by atoms with Crippen LogP contribution in [0.3, 0.4) is 0 Å². The minimum Gasteiger partial charge on any atom is -0.496 e. The number of ether oxygens (including phenoxy) is 2. The van der Waals surface area contributed by atoms with Gasteiger partial charge in [-0.2, -0.15) is 0 Å². The Morgan fingerprint density at radius 1 is 1.40 bits per heavy atom. The summed E-state index contributed by atoms with van der Waals surface area (Å²) in [7, 11) is 3.31. The normalized spacial score (nSPS) is 23.9. The Kier molecular flexibility index (Phi) is 2.67. The molecule has 0 aromatic heterocycles. The van der Waals surface area contributed by atoms with Gasteiger partial charge in [0.25, 0.3) is 0 Å². The lowest BCUT2D eigenvalue weighted by atomic mass is 9.96. The molecule has 82 valence electrons. The second kappa shape index (κ2) is 3.83. The van der Waals surface area contributed by atoms with Gasteiger partial charge in [0.05, 0.1) is 13.7 Å². The van der Waals surface area contributed by atoms with E-state index in [1.54, 1.807) is 14.2 Å². The van der Waals surface area contributed by atoms with Crippen LogP contribution in [-0.4, -0.2) is 25.9 Å². The maximum absolute atomic E-state index is 9.46. The summed E-state index contributed by atoms with van der Waals surface area (Å²) in [5.74, 6) is 0.889. The van der Waals surface area contributed by atoms with Gasteiger partial charge >= 0.3 is 0 Å². The number of aliphatic hydroxyl groups is 1. The number of aliphatic hydroxyl groups excluding tert-OH is 1. The minimum absolute atomic E-state index is 0.0175. The molecular formula is C12H16O3. The fourth-order valence-electron chi connectivity index (χ4n) is 2.34. The van der Waals surface area contributed by atoms with Crippen molar-refractivity contribution in [1.82, 2.24) is 0 Å². The van der Waals surface area contributed by atoms with Gasteiger partial charge in [0.2, 0.25) is 0 Å². The highest BCUT2D eigenvalue weighted by molar-refractivity contribution is 5.47. The maximum atomic E-state index is 9.46. The molecule has 1 aliphatic carbocycles. The van der Waals surface area contributed by atoms with Crippen molar-refractivity contribution in [3.63, 3.8) is 0 Å². The standard InChI is InChI=1S/C12H16O3/c1-14-11-5-3-4-10-9(11)6-7-12(10,8-13)15-2/h3-5,13H,6-8H2,1-2H3. The molecule has 1 atom stereocenters. The third-order valence-corrected chi connectivity index (χ3v) is 3.27. The summed E-state index contributed by atoms with van der Waals surface area (Å²) >= 11 is 0. The van der Waals surface area contributed by atoms with Crippen molar-refractivity contribution in [2.75, 3.05) is 20.8 Å². The summed E-state index contributed by atoms with van der Waals surface area (Å²) in [6, 6.07) is 5.89. The smallest absolute Gasteiger partial charge is 0.122 e. The highest BCUT2D eigenvalue weighted by atomic mass is 16.5. The summed E-state index contributed by atoms with van der Waals surface area (Å²) in [4.78, 5) is 0. The van der Waals surface area contributed by atoms with E-state index in [4.69, 9.17) is 9.47 Å². The zero-order chi connectivity index (χ0) is 10.9. The van der Waals surface area contributed by atoms with Gasteiger partial charge in [-0.05, 0) is 24.5 Å². The average Bonchev–Trinajstić information content (AvgIpc) is 2.68. The third kappa shape index (κ3) is 1.43. The molecule has 1 N–H and O–H groups in total. The molecule has 0 spiro atoms. The molecule has 0 amide bonds. The van der Waals surface area contributed by atoms with Crippen LogP contribution in [0.25, 0.3) is 0 Å². The molecule has 0 saturated carbocycles. The Hall–Kier alpha value is -1.06. The van der Waals surface area contributed by atoms with E-state index in [1.807, 2.05) is 18.2 Å². The van der Waals surface area contributed by atoms with E-state index in [-0.39, 0.29) is 6.61 Å². The van der Waals surface area contributed by atoms with Crippen molar-refractivity contribution in [1.29, 1.82) is 0 Å². The molecular weight excluding hydrogens is 192 g/mol. The van der Waals surface area contributed by atoms with Gasteiger partial charge in [0.15, 0.2) is 0 Å². The van der Waals surface area contributed by atoms with Crippen LogP contribution in [0.1, 0.15) is 17.5 Å². The van der Waals surface area contributed by atoms with Gasteiger partial charge in [-0.25, -0.2) is 0 Å². The molecule has 0 bridgehead atoms. The van der Waals surface area contributed by atoms with Crippen LogP contribution in [0.5, 0.6) is 5.75 Å². The molecule has 0 heterocycles. The number of benzene rings is 1. The number of methoxy groups -OCH3 is 2. The van der Waals surface area contributed by atoms with Crippen LogP contribution >= 0.6 is 0 Å². The molecule has 1 aliphatic rings. The largest absolute Gasteiger partial charge is 0.496 e. The summed E-state index contributed by atoms with van der Waals surface area (Å²) in [5, 5.41) is 9.46. The molecule has 1 aromatic carbocycles. The third-order valence-electron chi connectivity index (χ3n) is 3.27. The Balaban J connectivity index is 2.51. The van der Waals surface area contributed by atoms with Crippen LogP contribution in [0.4, 0.5) is 0 Å². The van der Waals surface area contributed by atoms with E-state index in [0.29, 0.717) is 0 Å². The highest BCUT2D eigenvalue weighted by Gasteiger charge is 2.39. The highest BCUT2D eigenvalue weighted by Crippen LogP contribution is 2.42. The number of hydrogen-bond donors (Lipinski definition) is 1. The first kappa shape index (κ1) is 10.5. The van der Waals surface area contributed by atoms with Crippen molar-refractivity contribution in [2.45, 2.75) is 18.4 Å². The van der Waals surface area contributed by atoms with Crippen molar-refractivity contribution < 1.29 is 14.6 Å². The Bertz CT molecular complexity index is 356. The van der Waals surface area contributed by atoms with Crippen LogP contribution in [0.2, 0.25) is 0 Å². The molecule has 0 saturated heterocycles. The SMILES string of the molecule is COc1cccc2c1CCC2(CO)OC. The van der Waals surface area contributed by atoms with Crippen molar-refractivity contribution in [3.8, 4) is 5.75 Å². The van der Waals surface area contributed by atoms with Crippen LogP contribution in [-0.2, 0) is 16.8 Å². The van der Waals surface area contributed by atoms with Crippen LogP contribution < -0.4 is 4.74 Å². The monoisotopic (exact) mass is 208 g/mol. The zero-order valence-corrected chi connectivity index (χ0v) is 9.12. The minimum atomic E-state index is -0.524. The van der Waals surface area contributed by atoms with Gasteiger partial charge in [-0.15, -0.1) is 0 Å². The fraction of sp³-hybridized carbons (Fsp3) is 0.500. The molecule has 1 unspecified atom stereocenters. The van der Waals surface area contributed by atoms with Gasteiger partial charge in [-0.1, -0.05) is 12.1 Å². The molecule has 1 aromatic rings. The maximum Gasteiger partial charge on any atom is 0.122 e. The van der Waals surface area contributed by atoms with Crippen LogP contribution in [0, 0.1) is 0 Å². The van der Waals surface area contributed by atoms with Crippen LogP contribution in [0.15, 0.2) is 18.2 Å². The van der Waals surface area contributed by atoms with Crippen molar-refractivity contribution in [2.24, 2.45) is 0 Å². The molecule has 0 fully saturated rings. The number of fused-ring (bicyclic) bond motifs is 1. The summed E-state index contributed by atoms with van der Waals surface area (Å²) in [5.41, 5.74) is 1.70. The average molecular weight is 208 g/mol. The number of rotatable bonds is 3. The molecule has 3 heteroatoms. The zero-order valence-electron chi connectivity index (χ0n) is 9.12. The first-order valence-corrected chi connectivity index (χ1v) is 5.10. The summed E-state index contributed by atoms with van der Waals surface area (Å²) < 4.78 is 10.8. The molecule has 3 nitrogen and oxygen atoms in total. The quantitative estimate of drug-likeness (QED) is 0.817. The topological polar surface area (TPSA) is 38.7 Å². The van der Waals surface area contributed by atoms with E-state index in [2.05, 4.69) is 0 Å². The fourth-order valence-corrected chi connectivity index (χ4v) is 2.34. The summed E-state index contributed by atoms with van der Waals surface area (Å²) in [6.45, 7) is 0.0175. The lowest BCUT2D eigenvalue weighted by Gasteiger charge is -2.26. The van der Waals surface area contributed by atoms with E-state index in [0.717, 1.165) is 29.7 Å². The second-order valence-corrected chi connectivity index (χ2v) is 3.84. The number of hydrogen-bond acceptors (Lipinski definition) is 3. The first-order chi connectivity index (χ1) is 7.27. The second-order valence-electron chi connectivity index (χ2n) is 3.84. The van der Waals surface area contributed by atoms with Gasteiger partial charge in [0.1, 0.15) is 11.4 Å². The van der Waals surface area contributed by atoms with E-state index >= 15 is 0 Å². The predicted octanol–water partition coefficient (Wildman–Crippen LogP) is 1.48. The van der Waals surface area contributed by atoms with Crippen molar-refractivity contribution >= 4 is 0 Å². The van der Waals surface area contributed by atoms with Gasteiger partial charge < -0.3 is 14.6 Å². The molecule has 0 radical (unpaired) electrons. The lowest BCUT2D eigenvalue weighted by molar-refractivity contribution is -0.0554.